The Hall–Kier alpha value is -2.08. The number of thiocarbonyl (C=S) groups is 1. The van der Waals surface area contributed by atoms with Gasteiger partial charge in [0.1, 0.15) is 5.75 Å². The first kappa shape index (κ1) is 16.3. The van der Waals surface area contributed by atoms with Crippen LogP contribution in [0.5, 0.6) is 5.75 Å². The van der Waals surface area contributed by atoms with E-state index >= 15 is 0 Å². The lowest BCUT2D eigenvalue weighted by molar-refractivity contribution is -0.136. The maximum absolute atomic E-state index is 12.1. The minimum Gasteiger partial charge on any atom is -0.491 e. The first-order chi connectivity index (χ1) is 10.4. The number of hydrogen-bond acceptors (Lipinski definition) is 4. The summed E-state index contributed by atoms with van der Waals surface area (Å²) < 4.78 is 10.5. The Labute approximate surface area is 135 Å². The van der Waals surface area contributed by atoms with E-state index in [1.165, 1.54) is 7.11 Å². The Morgan fingerprint density at radius 2 is 1.91 bits per heavy atom. The minimum atomic E-state index is -0.382. The van der Waals surface area contributed by atoms with Crippen LogP contribution in [0.25, 0.3) is 0 Å². The molecule has 118 valence electrons. The molecule has 1 aromatic carbocycles. The highest BCUT2D eigenvalue weighted by Crippen LogP contribution is 2.28. The predicted octanol–water partition coefficient (Wildman–Crippen LogP) is 2.44. The molecule has 0 saturated carbocycles. The molecule has 0 aliphatic carbocycles. The van der Waals surface area contributed by atoms with E-state index in [1.807, 2.05) is 45.0 Å². The molecule has 1 aliphatic heterocycles. The topological polar surface area (TPSA) is 59.6 Å². The third-order valence-electron chi connectivity index (χ3n) is 3.26. The maximum atomic E-state index is 12.1. The minimum absolute atomic E-state index is 0.114. The zero-order valence-electron chi connectivity index (χ0n) is 13.1. The van der Waals surface area contributed by atoms with Gasteiger partial charge in [-0.05, 0) is 50.7 Å². The Morgan fingerprint density at radius 3 is 2.45 bits per heavy atom. The highest BCUT2D eigenvalue weighted by molar-refractivity contribution is 7.80. The Kier molecular flexibility index (Phi) is 5.03. The number of carbonyl (C=O) groups is 1. The van der Waals surface area contributed by atoms with Crippen molar-refractivity contribution in [1.82, 2.24) is 10.6 Å². The molecule has 0 fully saturated rings. The molecule has 5 nitrogen and oxygen atoms in total. The summed E-state index contributed by atoms with van der Waals surface area (Å²) in [6, 6.07) is 7.26. The van der Waals surface area contributed by atoms with E-state index in [-0.39, 0.29) is 18.1 Å². The average molecular weight is 320 g/mol. The van der Waals surface area contributed by atoms with Gasteiger partial charge in [0.2, 0.25) is 0 Å². The molecular weight excluding hydrogens is 300 g/mol. The van der Waals surface area contributed by atoms with E-state index in [9.17, 15) is 4.79 Å². The fourth-order valence-corrected chi connectivity index (χ4v) is 2.61. The van der Waals surface area contributed by atoms with Crippen molar-refractivity contribution in [3.63, 3.8) is 0 Å². The zero-order valence-corrected chi connectivity index (χ0v) is 13.9. The first-order valence-corrected chi connectivity index (χ1v) is 7.46. The molecule has 0 unspecified atom stereocenters. The quantitative estimate of drug-likeness (QED) is 0.656. The number of benzene rings is 1. The smallest absolute Gasteiger partial charge is 0.337 e. The van der Waals surface area contributed by atoms with Gasteiger partial charge in [0.05, 0.1) is 24.8 Å². The van der Waals surface area contributed by atoms with Crippen LogP contribution in [-0.4, -0.2) is 24.3 Å². The van der Waals surface area contributed by atoms with Crippen LogP contribution < -0.4 is 15.4 Å². The largest absolute Gasteiger partial charge is 0.491 e. The molecule has 1 atom stereocenters. The fraction of sp³-hybridized carbons (Fsp3) is 0.375. The number of carbonyl (C=O) groups excluding carboxylic acids is 1. The normalized spacial score (nSPS) is 17.9. The molecule has 2 rings (SSSR count). The van der Waals surface area contributed by atoms with Gasteiger partial charge in [-0.15, -0.1) is 0 Å². The summed E-state index contributed by atoms with van der Waals surface area (Å²) in [5, 5.41) is 6.55. The summed E-state index contributed by atoms with van der Waals surface area (Å²) >= 11 is 5.19. The van der Waals surface area contributed by atoms with Crippen LogP contribution >= 0.6 is 12.2 Å². The molecule has 0 bridgehead atoms. The van der Waals surface area contributed by atoms with Crippen LogP contribution in [-0.2, 0) is 9.53 Å². The summed E-state index contributed by atoms with van der Waals surface area (Å²) in [4.78, 5) is 12.1. The summed E-state index contributed by atoms with van der Waals surface area (Å²) in [6.45, 7) is 5.76. The molecule has 1 aromatic rings. The number of esters is 1. The lowest BCUT2D eigenvalue weighted by atomic mass is 9.95. The summed E-state index contributed by atoms with van der Waals surface area (Å²) in [6.07, 6.45) is 0.114. The van der Waals surface area contributed by atoms with Crippen LogP contribution in [0.4, 0.5) is 0 Å². The van der Waals surface area contributed by atoms with Crippen LogP contribution in [0.2, 0.25) is 0 Å². The zero-order chi connectivity index (χ0) is 16.3. The van der Waals surface area contributed by atoms with Crippen molar-refractivity contribution in [2.24, 2.45) is 0 Å². The van der Waals surface area contributed by atoms with Crippen molar-refractivity contribution < 1.29 is 14.3 Å². The maximum Gasteiger partial charge on any atom is 0.337 e. The SMILES string of the molecule is COC(=O)C1=C(C)NC(=S)N[C@@H]1c1ccc(OC(C)C)cc1. The number of allylic oxidation sites excluding steroid dienone is 1. The second-order valence-corrected chi connectivity index (χ2v) is 5.71. The summed E-state index contributed by atoms with van der Waals surface area (Å²) in [7, 11) is 1.37. The Balaban J connectivity index is 2.33. The number of ether oxygens (including phenoxy) is 2. The number of hydrogen-bond donors (Lipinski definition) is 2. The summed E-state index contributed by atoms with van der Waals surface area (Å²) in [5.74, 6) is 0.406. The van der Waals surface area contributed by atoms with Crippen LogP contribution in [0.3, 0.4) is 0 Å². The first-order valence-electron chi connectivity index (χ1n) is 7.05. The van der Waals surface area contributed by atoms with Crippen molar-refractivity contribution in [3.8, 4) is 5.75 Å². The van der Waals surface area contributed by atoms with E-state index in [2.05, 4.69) is 10.6 Å². The predicted molar refractivity (Wildman–Crippen MR) is 88.5 cm³/mol. The highest BCUT2D eigenvalue weighted by atomic mass is 32.1. The molecular formula is C16H20N2O3S. The van der Waals surface area contributed by atoms with Crippen LogP contribution in [0.1, 0.15) is 32.4 Å². The standard InChI is InChI=1S/C16H20N2O3S/c1-9(2)21-12-7-5-11(6-8-12)14-13(15(19)20-4)10(3)17-16(22)18-14/h5-9,14H,1-4H3,(H2,17,18,22)/t14-/m1/s1. The molecule has 0 aromatic heterocycles. The average Bonchev–Trinajstić information content (AvgIpc) is 2.46. The van der Waals surface area contributed by atoms with Gasteiger partial charge in [-0.1, -0.05) is 12.1 Å². The van der Waals surface area contributed by atoms with Gasteiger partial charge in [-0.3, -0.25) is 0 Å². The van der Waals surface area contributed by atoms with Gasteiger partial charge in [0, 0.05) is 5.70 Å². The van der Waals surface area contributed by atoms with Crippen LogP contribution in [0, 0.1) is 0 Å². The van der Waals surface area contributed by atoms with Crippen molar-refractivity contribution in [1.29, 1.82) is 0 Å². The van der Waals surface area contributed by atoms with E-state index < -0.39 is 0 Å². The molecule has 1 heterocycles. The number of methoxy groups -OCH3 is 1. The van der Waals surface area contributed by atoms with Gasteiger partial charge in [-0.25, -0.2) is 4.79 Å². The second kappa shape index (κ2) is 6.79. The Morgan fingerprint density at radius 1 is 1.27 bits per heavy atom. The van der Waals surface area contributed by atoms with Gasteiger partial charge in [0.15, 0.2) is 5.11 Å². The van der Waals surface area contributed by atoms with Crippen molar-refractivity contribution >= 4 is 23.3 Å². The van der Waals surface area contributed by atoms with E-state index in [1.54, 1.807) is 0 Å². The van der Waals surface area contributed by atoms with Crippen LogP contribution in [0.15, 0.2) is 35.5 Å². The molecule has 22 heavy (non-hydrogen) atoms. The van der Waals surface area contributed by atoms with Gasteiger partial charge in [0.25, 0.3) is 0 Å². The van der Waals surface area contributed by atoms with E-state index in [0.717, 1.165) is 11.3 Å². The molecule has 0 radical (unpaired) electrons. The van der Waals surface area contributed by atoms with Crippen molar-refractivity contribution in [2.45, 2.75) is 32.9 Å². The molecule has 1 aliphatic rings. The monoisotopic (exact) mass is 320 g/mol. The van der Waals surface area contributed by atoms with Gasteiger partial charge < -0.3 is 20.1 Å². The molecule has 2 N–H and O–H groups in total. The molecule has 6 heteroatoms. The lowest BCUT2D eigenvalue weighted by Gasteiger charge is -2.29. The van der Waals surface area contributed by atoms with E-state index in [4.69, 9.17) is 21.7 Å². The molecule has 0 spiro atoms. The highest BCUT2D eigenvalue weighted by Gasteiger charge is 2.30. The second-order valence-electron chi connectivity index (χ2n) is 5.30. The van der Waals surface area contributed by atoms with Gasteiger partial charge in [-0.2, -0.15) is 0 Å². The number of rotatable bonds is 4. The van der Waals surface area contributed by atoms with E-state index in [0.29, 0.717) is 16.4 Å². The lowest BCUT2D eigenvalue weighted by Crippen LogP contribution is -2.45. The van der Waals surface area contributed by atoms with Crippen molar-refractivity contribution in [2.75, 3.05) is 7.11 Å². The third-order valence-corrected chi connectivity index (χ3v) is 3.48. The molecule has 0 amide bonds. The summed E-state index contributed by atoms with van der Waals surface area (Å²) in [5.41, 5.74) is 2.14. The van der Waals surface area contributed by atoms with Gasteiger partial charge >= 0.3 is 5.97 Å². The fourth-order valence-electron chi connectivity index (χ4n) is 2.34. The van der Waals surface area contributed by atoms with Crippen molar-refractivity contribution in [3.05, 3.63) is 41.1 Å². The Bertz CT molecular complexity index is 608. The number of nitrogens with one attached hydrogen (secondary N) is 2. The molecule has 0 saturated heterocycles. The third kappa shape index (κ3) is 3.57.